The third-order valence-electron chi connectivity index (χ3n) is 3.93. The van der Waals surface area contributed by atoms with Crippen molar-refractivity contribution in [2.75, 3.05) is 53.6 Å². The Morgan fingerprint density at radius 2 is 2.09 bits per heavy atom. The molecule has 1 N–H and O–H groups in total. The van der Waals surface area contributed by atoms with E-state index in [-0.39, 0.29) is 0 Å². The highest BCUT2D eigenvalue weighted by atomic mass is 16.5. The highest BCUT2D eigenvalue weighted by Gasteiger charge is 2.25. The fourth-order valence-electron chi connectivity index (χ4n) is 2.76. The molecule has 5 nitrogen and oxygen atoms in total. The van der Waals surface area contributed by atoms with Crippen molar-refractivity contribution in [1.82, 2.24) is 10.2 Å². The van der Waals surface area contributed by atoms with E-state index in [2.05, 4.69) is 45.5 Å². The highest BCUT2D eigenvalue weighted by molar-refractivity contribution is 5.80. The lowest BCUT2D eigenvalue weighted by Crippen LogP contribution is -2.41. The average Bonchev–Trinajstić information content (AvgIpc) is 3.05. The molecule has 1 aliphatic rings. The Morgan fingerprint density at radius 3 is 2.82 bits per heavy atom. The first-order valence-corrected chi connectivity index (χ1v) is 7.92. The first kappa shape index (κ1) is 16.8. The molecule has 0 aromatic heterocycles. The van der Waals surface area contributed by atoms with Crippen LogP contribution >= 0.6 is 0 Å². The van der Waals surface area contributed by atoms with Gasteiger partial charge in [0.25, 0.3) is 0 Å². The summed E-state index contributed by atoms with van der Waals surface area (Å²) in [6, 6.07) is 10.7. The Balaban J connectivity index is 1.73. The third kappa shape index (κ3) is 5.00. The maximum atomic E-state index is 5.46. The van der Waals surface area contributed by atoms with Crippen LogP contribution in [0.5, 0.6) is 0 Å². The molecule has 22 heavy (non-hydrogen) atoms. The molecule has 1 aromatic rings. The van der Waals surface area contributed by atoms with Crippen LogP contribution in [0.15, 0.2) is 35.3 Å². The monoisotopic (exact) mass is 305 g/mol. The zero-order valence-corrected chi connectivity index (χ0v) is 13.6. The Kier molecular flexibility index (Phi) is 7.19. The van der Waals surface area contributed by atoms with Gasteiger partial charge in [0.2, 0.25) is 0 Å². The van der Waals surface area contributed by atoms with E-state index in [1.54, 1.807) is 7.11 Å². The smallest absolute Gasteiger partial charge is 0.193 e. The lowest BCUT2D eigenvalue weighted by molar-refractivity contribution is 0.0731. The zero-order chi connectivity index (χ0) is 15.6. The number of benzene rings is 1. The second kappa shape index (κ2) is 9.43. The minimum atomic E-state index is 0.595. The number of hydrogen-bond donors (Lipinski definition) is 1. The molecule has 0 bridgehead atoms. The number of aliphatic imine (C=N–C) groups is 1. The molecule has 1 heterocycles. The summed E-state index contributed by atoms with van der Waals surface area (Å²) in [5.41, 5.74) is 1.42. The molecule has 122 valence electrons. The number of guanidine groups is 1. The SMILES string of the molecule is CN=C(NCCOCCOC)N1CCC(c2ccccc2)C1. The van der Waals surface area contributed by atoms with E-state index < -0.39 is 0 Å². The normalized spacial score (nSPS) is 18.7. The molecular weight excluding hydrogens is 278 g/mol. The molecule has 1 atom stereocenters. The third-order valence-corrected chi connectivity index (χ3v) is 3.93. The molecule has 0 spiro atoms. The number of hydrogen-bond acceptors (Lipinski definition) is 3. The summed E-state index contributed by atoms with van der Waals surface area (Å²) in [4.78, 5) is 6.71. The van der Waals surface area contributed by atoms with Crippen LogP contribution in [-0.2, 0) is 9.47 Å². The van der Waals surface area contributed by atoms with Crippen molar-refractivity contribution >= 4 is 5.96 Å². The van der Waals surface area contributed by atoms with Gasteiger partial charge in [0.15, 0.2) is 5.96 Å². The van der Waals surface area contributed by atoms with Gasteiger partial charge in [0.1, 0.15) is 0 Å². The molecule has 0 amide bonds. The van der Waals surface area contributed by atoms with Crippen LogP contribution in [-0.4, -0.2) is 64.5 Å². The van der Waals surface area contributed by atoms with Crippen LogP contribution in [0, 0.1) is 0 Å². The number of rotatable bonds is 7. The van der Waals surface area contributed by atoms with E-state index in [9.17, 15) is 0 Å². The first-order chi connectivity index (χ1) is 10.8. The topological polar surface area (TPSA) is 46.1 Å². The van der Waals surface area contributed by atoms with E-state index in [1.807, 2.05) is 7.05 Å². The van der Waals surface area contributed by atoms with Crippen molar-refractivity contribution in [3.8, 4) is 0 Å². The summed E-state index contributed by atoms with van der Waals surface area (Å²) in [6.45, 7) is 4.77. The predicted molar refractivity (Wildman–Crippen MR) is 89.4 cm³/mol. The van der Waals surface area contributed by atoms with Crippen LogP contribution in [0.4, 0.5) is 0 Å². The summed E-state index contributed by atoms with van der Waals surface area (Å²) < 4.78 is 10.4. The molecule has 0 radical (unpaired) electrons. The quantitative estimate of drug-likeness (QED) is 0.473. The minimum absolute atomic E-state index is 0.595. The van der Waals surface area contributed by atoms with Gasteiger partial charge in [0, 0.05) is 39.7 Å². The van der Waals surface area contributed by atoms with Crippen LogP contribution in [0.3, 0.4) is 0 Å². The van der Waals surface area contributed by atoms with E-state index in [1.165, 1.54) is 12.0 Å². The first-order valence-electron chi connectivity index (χ1n) is 7.92. The van der Waals surface area contributed by atoms with Crippen molar-refractivity contribution < 1.29 is 9.47 Å². The van der Waals surface area contributed by atoms with E-state index in [0.29, 0.717) is 25.7 Å². The number of methoxy groups -OCH3 is 1. The number of ether oxygens (including phenoxy) is 2. The molecule has 0 saturated carbocycles. The summed E-state index contributed by atoms with van der Waals surface area (Å²) in [7, 11) is 3.52. The van der Waals surface area contributed by atoms with Crippen molar-refractivity contribution in [3.05, 3.63) is 35.9 Å². The Labute approximate surface area is 133 Å². The van der Waals surface area contributed by atoms with Gasteiger partial charge in [-0.2, -0.15) is 0 Å². The van der Waals surface area contributed by atoms with Crippen molar-refractivity contribution in [2.45, 2.75) is 12.3 Å². The molecule has 0 aliphatic carbocycles. The summed E-state index contributed by atoms with van der Waals surface area (Å²) >= 11 is 0. The number of nitrogens with one attached hydrogen (secondary N) is 1. The minimum Gasteiger partial charge on any atom is -0.382 e. The second-order valence-electron chi connectivity index (χ2n) is 5.42. The Bertz CT molecular complexity index is 450. The Morgan fingerprint density at radius 1 is 1.27 bits per heavy atom. The van der Waals surface area contributed by atoms with E-state index >= 15 is 0 Å². The lowest BCUT2D eigenvalue weighted by Gasteiger charge is -2.21. The summed E-state index contributed by atoms with van der Waals surface area (Å²) in [5.74, 6) is 1.56. The molecule has 1 unspecified atom stereocenters. The molecule has 5 heteroatoms. The lowest BCUT2D eigenvalue weighted by atomic mass is 9.99. The fourth-order valence-corrected chi connectivity index (χ4v) is 2.76. The molecule has 1 fully saturated rings. The van der Waals surface area contributed by atoms with Gasteiger partial charge in [-0.05, 0) is 12.0 Å². The molecule has 2 rings (SSSR count). The van der Waals surface area contributed by atoms with E-state index in [4.69, 9.17) is 9.47 Å². The largest absolute Gasteiger partial charge is 0.382 e. The zero-order valence-electron chi connectivity index (χ0n) is 13.6. The van der Waals surface area contributed by atoms with Crippen LogP contribution in [0.1, 0.15) is 17.9 Å². The number of nitrogens with zero attached hydrogens (tertiary/aromatic N) is 2. The van der Waals surface area contributed by atoms with Crippen LogP contribution in [0.25, 0.3) is 0 Å². The standard InChI is InChI=1S/C17H27N3O2/c1-18-17(19-9-11-22-13-12-21-2)20-10-8-16(14-20)15-6-4-3-5-7-15/h3-7,16H,8-14H2,1-2H3,(H,18,19). The second-order valence-corrected chi connectivity index (χ2v) is 5.42. The van der Waals surface area contributed by atoms with Gasteiger partial charge in [-0.3, -0.25) is 4.99 Å². The Hall–Kier alpha value is -1.59. The molecule has 1 aliphatic heterocycles. The van der Waals surface area contributed by atoms with Gasteiger partial charge in [0.05, 0.1) is 19.8 Å². The molecule has 1 aromatic carbocycles. The highest BCUT2D eigenvalue weighted by Crippen LogP contribution is 2.26. The van der Waals surface area contributed by atoms with Gasteiger partial charge < -0.3 is 19.7 Å². The van der Waals surface area contributed by atoms with Crippen molar-refractivity contribution in [1.29, 1.82) is 0 Å². The van der Waals surface area contributed by atoms with Gasteiger partial charge >= 0.3 is 0 Å². The van der Waals surface area contributed by atoms with Crippen LogP contribution in [0.2, 0.25) is 0 Å². The maximum absolute atomic E-state index is 5.46. The van der Waals surface area contributed by atoms with Crippen molar-refractivity contribution in [2.24, 2.45) is 4.99 Å². The summed E-state index contributed by atoms with van der Waals surface area (Å²) in [5, 5.41) is 3.37. The van der Waals surface area contributed by atoms with E-state index in [0.717, 1.165) is 25.6 Å². The molecule has 1 saturated heterocycles. The van der Waals surface area contributed by atoms with Gasteiger partial charge in [-0.1, -0.05) is 30.3 Å². The maximum Gasteiger partial charge on any atom is 0.193 e. The van der Waals surface area contributed by atoms with Crippen molar-refractivity contribution in [3.63, 3.8) is 0 Å². The molecular formula is C17H27N3O2. The summed E-state index contributed by atoms with van der Waals surface area (Å²) in [6.07, 6.45) is 1.18. The average molecular weight is 305 g/mol. The fraction of sp³-hybridized carbons (Fsp3) is 0.588. The van der Waals surface area contributed by atoms with Gasteiger partial charge in [-0.25, -0.2) is 0 Å². The number of likely N-dealkylation sites (tertiary alicyclic amines) is 1. The van der Waals surface area contributed by atoms with Gasteiger partial charge in [-0.15, -0.1) is 0 Å². The predicted octanol–water partition coefficient (Wildman–Crippen LogP) is 1.71. The van der Waals surface area contributed by atoms with Crippen LogP contribution < -0.4 is 5.32 Å².